The fraction of sp³-hybridized carbons (Fsp3) is 0.462. The molecule has 1 heterocycles. The molecule has 0 spiro atoms. The van der Waals surface area contributed by atoms with E-state index in [1.807, 2.05) is 0 Å². The summed E-state index contributed by atoms with van der Waals surface area (Å²) in [5, 5.41) is 12.3. The van der Waals surface area contributed by atoms with E-state index in [0.29, 0.717) is 5.56 Å². The highest BCUT2D eigenvalue weighted by atomic mass is 16.4. The quantitative estimate of drug-likeness (QED) is 0.824. The van der Waals surface area contributed by atoms with Gasteiger partial charge >= 0.3 is 5.97 Å². The highest BCUT2D eigenvalue weighted by Crippen LogP contribution is 2.25. The minimum atomic E-state index is -2.05. The number of piperidine rings is 1. The molecular formula is C13H17NO2. The maximum Gasteiger partial charge on any atom is 0.312 e. The summed E-state index contributed by atoms with van der Waals surface area (Å²) < 4.78 is 30.9. The Morgan fingerprint density at radius 2 is 2.19 bits per heavy atom. The fourth-order valence-electron chi connectivity index (χ4n) is 1.94. The number of carboxylic acid groups (broad SMARTS) is 1. The van der Waals surface area contributed by atoms with Crippen LogP contribution in [0.3, 0.4) is 0 Å². The lowest BCUT2D eigenvalue weighted by Crippen LogP contribution is -2.41. The summed E-state index contributed by atoms with van der Waals surface area (Å²) in [6.45, 7) is -0.193. The summed E-state index contributed by atoms with van der Waals surface area (Å²) in [4.78, 5) is 11.5. The molecule has 0 amide bonds. The molecule has 1 aliphatic rings. The Morgan fingerprint density at radius 1 is 1.44 bits per heavy atom. The smallest absolute Gasteiger partial charge is 0.312 e. The van der Waals surface area contributed by atoms with Crippen LogP contribution in [0.5, 0.6) is 0 Å². The minimum Gasteiger partial charge on any atom is -0.481 e. The second-order valence-electron chi connectivity index (χ2n) is 3.77. The fourth-order valence-corrected chi connectivity index (χ4v) is 1.94. The van der Waals surface area contributed by atoms with Crippen molar-refractivity contribution < 1.29 is 15.4 Å². The van der Waals surface area contributed by atoms with Gasteiger partial charge in [-0.05, 0) is 24.9 Å². The highest BCUT2D eigenvalue weighted by Gasteiger charge is 2.30. The van der Waals surface area contributed by atoms with Crippen LogP contribution in [0, 0.1) is 0 Å². The minimum absolute atomic E-state index is 0.175. The van der Waals surface area contributed by atoms with E-state index in [-0.39, 0.29) is 13.0 Å². The maximum atomic E-state index is 11.5. The molecule has 0 aromatic heterocycles. The monoisotopic (exact) mass is 223 g/mol. The third-order valence-corrected chi connectivity index (χ3v) is 2.73. The van der Waals surface area contributed by atoms with Crippen LogP contribution in [0.2, 0.25) is 0 Å². The number of carboxylic acids is 1. The van der Waals surface area contributed by atoms with Gasteiger partial charge in [-0.1, -0.05) is 36.7 Å². The number of aliphatic carboxylic acids is 1. The van der Waals surface area contributed by atoms with E-state index in [9.17, 15) is 9.90 Å². The van der Waals surface area contributed by atoms with Gasteiger partial charge in [0, 0.05) is 11.5 Å². The average Bonchev–Trinajstić information content (AvgIpc) is 2.35. The van der Waals surface area contributed by atoms with E-state index < -0.39 is 30.7 Å². The first-order chi connectivity index (χ1) is 9.24. The standard InChI is InChI=1S/C13H17NO2/c15-13(16)12(10-6-2-1-3-7-10)11-8-4-5-9-14-11/h1-3,6-7,11-12,14H,4-5,8-9H2,(H,15,16)/t11-,12?/m0/s1/i4D2,5D2. The third kappa shape index (κ3) is 2.42. The predicted molar refractivity (Wildman–Crippen MR) is 62.5 cm³/mol. The Balaban J connectivity index is 2.27. The summed E-state index contributed by atoms with van der Waals surface area (Å²) in [5.74, 6) is -1.92. The zero-order valence-corrected chi connectivity index (χ0v) is 8.81. The van der Waals surface area contributed by atoms with Gasteiger partial charge < -0.3 is 10.4 Å². The van der Waals surface area contributed by atoms with Crippen LogP contribution in [0.4, 0.5) is 0 Å². The van der Waals surface area contributed by atoms with Crippen LogP contribution >= 0.6 is 0 Å². The molecule has 86 valence electrons. The van der Waals surface area contributed by atoms with E-state index in [1.54, 1.807) is 30.3 Å². The summed E-state index contributed by atoms with van der Waals surface area (Å²) in [5.41, 5.74) is 0.593. The molecular weight excluding hydrogens is 202 g/mol. The van der Waals surface area contributed by atoms with Crippen LogP contribution in [0.1, 0.15) is 36.1 Å². The van der Waals surface area contributed by atoms with Gasteiger partial charge in [0.25, 0.3) is 0 Å². The van der Waals surface area contributed by atoms with Gasteiger partial charge in [-0.2, -0.15) is 0 Å². The van der Waals surface area contributed by atoms with E-state index in [4.69, 9.17) is 5.48 Å². The first-order valence-electron chi connectivity index (χ1n) is 7.26. The SMILES string of the molecule is [2H]C1([2H])CN[C@H](C(C(=O)O)c2ccccc2)CC1([2H])[2H]. The Hall–Kier alpha value is -1.35. The zero-order chi connectivity index (χ0) is 15.0. The first-order valence-corrected chi connectivity index (χ1v) is 5.26. The normalized spacial score (nSPS) is 32.6. The first kappa shape index (κ1) is 7.07. The van der Waals surface area contributed by atoms with Crippen molar-refractivity contribution >= 4 is 5.97 Å². The molecule has 1 aromatic carbocycles. The van der Waals surface area contributed by atoms with E-state index in [0.717, 1.165) is 0 Å². The molecule has 16 heavy (non-hydrogen) atoms. The molecule has 3 heteroatoms. The molecule has 1 unspecified atom stereocenters. The van der Waals surface area contributed by atoms with E-state index >= 15 is 0 Å². The summed E-state index contributed by atoms with van der Waals surface area (Å²) in [6.07, 6.45) is -4.22. The Labute approximate surface area is 101 Å². The Bertz CT molecular complexity index is 492. The zero-order valence-electron chi connectivity index (χ0n) is 12.8. The van der Waals surface area contributed by atoms with Crippen molar-refractivity contribution in [2.75, 3.05) is 6.54 Å². The van der Waals surface area contributed by atoms with Crippen molar-refractivity contribution in [3.8, 4) is 0 Å². The lowest BCUT2D eigenvalue weighted by Gasteiger charge is -2.29. The predicted octanol–water partition coefficient (Wildman–Crippen LogP) is 2.00. The molecule has 2 N–H and O–H groups in total. The lowest BCUT2D eigenvalue weighted by molar-refractivity contribution is -0.139. The van der Waals surface area contributed by atoms with Gasteiger partial charge in [0.2, 0.25) is 0 Å². The van der Waals surface area contributed by atoms with Crippen LogP contribution in [0.15, 0.2) is 30.3 Å². The van der Waals surface area contributed by atoms with Crippen molar-refractivity contribution in [1.82, 2.24) is 5.32 Å². The average molecular weight is 223 g/mol. The molecule has 2 rings (SSSR count). The van der Waals surface area contributed by atoms with Gasteiger partial charge in [0.05, 0.1) is 5.92 Å². The lowest BCUT2D eigenvalue weighted by atomic mass is 9.86. The van der Waals surface area contributed by atoms with Gasteiger partial charge in [-0.3, -0.25) is 4.79 Å². The van der Waals surface area contributed by atoms with E-state index in [1.165, 1.54) is 0 Å². The number of rotatable bonds is 3. The maximum absolute atomic E-state index is 11.5. The van der Waals surface area contributed by atoms with Crippen LogP contribution < -0.4 is 5.32 Å². The highest BCUT2D eigenvalue weighted by molar-refractivity contribution is 5.77. The molecule has 0 saturated carbocycles. The van der Waals surface area contributed by atoms with Gasteiger partial charge in [-0.15, -0.1) is 0 Å². The molecule has 1 aliphatic heterocycles. The van der Waals surface area contributed by atoms with Crippen LogP contribution in [-0.2, 0) is 4.79 Å². The number of benzene rings is 1. The van der Waals surface area contributed by atoms with Gasteiger partial charge in [-0.25, -0.2) is 0 Å². The van der Waals surface area contributed by atoms with Crippen LogP contribution in [-0.4, -0.2) is 23.7 Å². The van der Waals surface area contributed by atoms with Crippen molar-refractivity contribution in [3.05, 3.63) is 35.9 Å². The van der Waals surface area contributed by atoms with Crippen LogP contribution in [0.25, 0.3) is 0 Å². The Morgan fingerprint density at radius 3 is 2.81 bits per heavy atom. The molecule has 1 fully saturated rings. The molecule has 0 bridgehead atoms. The Kier molecular flexibility index (Phi) is 2.26. The second-order valence-corrected chi connectivity index (χ2v) is 3.77. The van der Waals surface area contributed by atoms with Crippen molar-refractivity contribution in [3.63, 3.8) is 0 Å². The number of hydrogen-bond donors (Lipinski definition) is 2. The number of hydrogen-bond acceptors (Lipinski definition) is 2. The number of carbonyl (C=O) groups is 1. The second kappa shape index (κ2) is 5.12. The van der Waals surface area contributed by atoms with E-state index in [2.05, 4.69) is 5.32 Å². The van der Waals surface area contributed by atoms with Gasteiger partial charge in [0.1, 0.15) is 0 Å². The van der Waals surface area contributed by atoms with Crippen molar-refractivity contribution in [2.24, 2.45) is 0 Å². The molecule has 0 radical (unpaired) electrons. The molecule has 1 saturated heterocycles. The molecule has 1 aromatic rings. The molecule has 3 nitrogen and oxygen atoms in total. The van der Waals surface area contributed by atoms with Crippen molar-refractivity contribution in [2.45, 2.75) is 31.1 Å². The third-order valence-electron chi connectivity index (χ3n) is 2.73. The summed E-state index contributed by atoms with van der Waals surface area (Å²) in [6, 6.07) is 8.02. The molecule has 2 atom stereocenters. The largest absolute Gasteiger partial charge is 0.481 e. The topological polar surface area (TPSA) is 49.3 Å². The van der Waals surface area contributed by atoms with Crippen molar-refractivity contribution in [1.29, 1.82) is 0 Å². The molecule has 0 aliphatic carbocycles. The summed E-state index contributed by atoms with van der Waals surface area (Å²) in [7, 11) is 0. The van der Waals surface area contributed by atoms with Gasteiger partial charge in [0.15, 0.2) is 0 Å². The number of nitrogens with one attached hydrogen (secondary N) is 1. The summed E-state index contributed by atoms with van der Waals surface area (Å²) >= 11 is 0.